The van der Waals surface area contributed by atoms with E-state index in [1.54, 1.807) is 12.1 Å². The maximum atomic E-state index is 10.6. The molecule has 0 atom stereocenters. The van der Waals surface area contributed by atoms with Gasteiger partial charge in [0.15, 0.2) is 0 Å². The fraction of sp³-hybridized carbons (Fsp3) is 0.455. The molecule has 1 fully saturated rings. The minimum absolute atomic E-state index is 0.0347. The predicted octanol–water partition coefficient (Wildman–Crippen LogP) is 2.39. The van der Waals surface area contributed by atoms with Crippen LogP contribution in [0, 0.1) is 16.0 Å². The Balaban J connectivity index is 2.06. The monoisotopic (exact) mass is 221 g/mol. The molecule has 0 heterocycles. The summed E-state index contributed by atoms with van der Waals surface area (Å²) in [4.78, 5) is 10.1. The average molecular weight is 221 g/mol. The first-order valence-corrected chi connectivity index (χ1v) is 5.36. The Labute approximate surface area is 93.8 Å². The lowest BCUT2D eigenvalue weighted by atomic mass is 9.82. The second-order valence-corrected chi connectivity index (χ2v) is 4.45. The maximum absolute atomic E-state index is 10.6. The van der Waals surface area contributed by atoms with E-state index in [-0.39, 0.29) is 11.4 Å². The van der Waals surface area contributed by atoms with Crippen molar-refractivity contribution in [3.05, 3.63) is 28.3 Å². The van der Waals surface area contributed by atoms with E-state index in [9.17, 15) is 10.1 Å². The molecule has 1 aliphatic carbocycles. The van der Waals surface area contributed by atoms with Crippen molar-refractivity contribution in [3.63, 3.8) is 0 Å². The number of nitrogen functional groups attached to an aromatic ring is 1. The number of nitro benzene ring substituents is 1. The molecule has 0 saturated heterocycles. The number of anilines is 2. The summed E-state index contributed by atoms with van der Waals surface area (Å²) in [5, 5.41) is 13.9. The zero-order valence-corrected chi connectivity index (χ0v) is 9.14. The Morgan fingerprint density at radius 1 is 1.50 bits per heavy atom. The second-order valence-electron chi connectivity index (χ2n) is 4.45. The molecular weight excluding hydrogens is 206 g/mol. The van der Waals surface area contributed by atoms with Gasteiger partial charge in [0.25, 0.3) is 5.69 Å². The molecule has 0 radical (unpaired) electrons. The van der Waals surface area contributed by atoms with Gasteiger partial charge < -0.3 is 11.1 Å². The van der Waals surface area contributed by atoms with Crippen molar-refractivity contribution in [2.45, 2.75) is 25.8 Å². The van der Waals surface area contributed by atoms with Gasteiger partial charge in [0.2, 0.25) is 0 Å². The SMILES string of the molecule is CC1CC(Nc2ccc([N+](=O)[O-])c(N)c2)C1. The van der Waals surface area contributed by atoms with E-state index in [2.05, 4.69) is 12.2 Å². The van der Waals surface area contributed by atoms with E-state index in [0.717, 1.165) is 24.4 Å². The standard InChI is InChI=1S/C11H15N3O2/c1-7-4-9(5-7)13-8-2-3-11(14(15)16)10(12)6-8/h2-3,6-7,9,13H,4-5,12H2,1H3. The number of nitro groups is 1. The summed E-state index contributed by atoms with van der Waals surface area (Å²) in [7, 11) is 0. The van der Waals surface area contributed by atoms with Crippen LogP contribution in [0.3, 0.4) is 0 Å². The summed E-state index contributed by atoms with van der Waals surface area (Å²) < 4.78 is 0. The van der Waals surface area contributed by atoms with Gasteiger partial charge in [0, 0.05) is 17.8 Å². The van der Waals surface area contributed by atoms with Crippen LogP contribution in [0.5, 0.6) is 0 Å². The molecule has 86 valence electrons. The molecule has 2 rings (SSSR count). The van der Waals surface area contributed by atoms with Gasteiger partial charge in [-0.2, -0.15) is 0 Å². The van der Waals surface area contributed by atoms with Crippen molar-refractivity contribution in [3.8, 4) is 0 Å². The average Bonchev–Trinajstić information content (AvgIpc) is 2.15. The molecule has 3 N–H and O–H groups in total. The Morgan fingerprint density at radius 2 is 2.19 bits per heavy atom. The first-order valence-electron chi connectivity index (χ1n) is 5.36. The van der Waals surface area contributed by atoms with Crippen LogP contribution < -0.4 is 11.1 Å². The first-order chi connectivity index (χ1) is 7.56. The molecule has 1 aromatic rings. The fourth-order valence-electron chi connectivity index (χ4n) is 2.07. The highest BCUT2D eigenvalue weighted by atomic mass is 16.6. The number of rotatable bonds is 3. The van der Waals surface area contributed by atoms with Gasteiger partial charge in [0.05, 0.1) is 4.92 Å². The van der Waals surface area contributed by atoms with Gasteiger partial charge in [-0.1, -0.05) is 6.92 Å². The minimum atomic E-state index is -0.468. The van der Waals surface area contributed by atoms with Crippen molar-refractivity contribution >= 4 is 17.1 Å². The second kappa shape index (κ2) is 4.00. The lowest BCUT2D eigenvalue weighted by Crippen LogP contribution is -2.33. The summed E-state index contributed by atoms with van der Waals surface area (Å²) in [5.41, 5.74) is 6.64. The predicted molar refractivity (Wildman–Crippen MR) is 63.3 cm³/mol. The van der Waals surface area contributed by atoms with Crippen molar-refractivity contribution in [1.82, 2.24) is 0 Å². The normalized spacial score (nSPS) is 23.6. The highest BCUT2D eigenvalue weighted by Crippen LogP contribution is 2.31. The molecule has 0 aromatic heterocycles. The van der Waals surface area contributed by atoms with Crippen LogP contribution in [0.4, 0.5) is 17.1 Å². The largest absolute Gasteiger partial charge is 0.393 e. The van der Waals surface area contributed by atoms with Gasteiger partial charge in [-0.05, 0) is 30.9 Å². The molecule has 1 aromatic carbocycles. The lowest BCUT2D eigenvalue weighted by molar-refractivity contribution is -0.383. The molecule has 0 aliphatic heterocycles. The van der Waals surface area contributed by atoms with Crippen molar-refractivity contribution in [2.24, 2.45) is 5.92 Å². The molecule has 16 heavy (non-hydrogen) atoms. The number of nitrogens with one attached hydrogen (secondary N) is 1. The maximum Gasteiger partial charge on any atom is 0.292 e. The topological polar surface area (TPSA) is 81.2 Å². The highest BCUT2D eigenvalue weighted by molar-refractivity contribution is 5.66. The molecule has 0 unspecified atom stereocenters. The highest BCUT2D eigenvalue weighted by Gasteiger charge is 2.25. The number of nitrogens with two attached hydrogens (primary N) is 1. The van der Waals surface area contributed by atoms with Gasteiger partial charge in [-0.15, -0.1) is 0 Å². The van der Waals surface area contributed by atoms with Crippen molar-refractivity contribution in [1.29, 1.82) is 0 Å². The molecule has 1 aliphatic rings. The summed E-state index contributed by atoms with van der Waals surface area (Å²) in [6.07, 6.45) is 2.30. The summed E-state index contributed by atoms with van der Waals surface area (Å²) in [6.45, 7) is 2.21. The smallest absolute Gasteiger partial charge is 0.292 e. The van der Waals surface area contributed by atoms with Crippen molar-refractivity contribution < 1.29 is 4.92 Å². The molecule has 1 saturated carbocycles. The van der Waals surface area contributed by atoms with Crippen LogP contribution in [0.2, 0.25) is 0 Å². The molecule has 0 spiro atoms. The fourth-order valence-corrected chi connectivity index (χ4v) is 2.07. The third-order valence-corrected chi connectivity index (χ3v) is 2.97. The van der Waals surface area contributed by atoms with Crippen LogP contribution in [0.25, 0.3) is 0 Å². The summed E-state index contributed by atoms with van der Waals surface area (Å²) >= 11 is 0. The third kappa shape index (κ3) is 2.08. The Hall–Kier alpha value is -1.78. The Kier molecular flexibility index (Phi) is 2.68. The number of benzene rings is 1. The molecule has 0 amide bonds. The number of hydrogen-bond donors (Lipinski definition) is 2. The quantitative estimate of drug-likeness (QED) is 0.466. The summed E-state index contributed by atoms with van der Waals surface area (Å²) in [5.74, 6) is 0.771. The third-order valence-electron chi connectivity index (χ3n) is 2.97. The Morgan fingerprint density at radius 3 is 2.69 bits per heavy atom. The molecule has 0 bridgehead atoms. The zero-order chi connectivity index (χ0) is 11.7. The van der Waals surface area contributed by atoms with Crippen molar-refractivity contribution in [2.75, 3.05) is 11.1 Å². The molecule has 5 heteroatoms. The lowest BCUT2D eigenvalue weighted by Gasteiger charge is -2.34. The van der Waals surface area contributed by atoms with Crippen LogP contribution in [0.15, 0.2) is 18.2 Å². The number of hydrogen-bond acceptors (Lipinski definition) is 4. The van der Waals surface area contributed by atoms with Gasteiger partial charge in [0.1, 0.15) is 5.69 Å². The van der Waals surface area contributed by atoms with E-state index < -0.39 is 4.92 Å². The minimum Gasteiger partial charge on any atom is -0.393 e. The molecular formula is C11H15N3O2. The van der Waals surface area contributed by atoms with E-state index in [1.807, 2.05) is 0 Å². The van der Waals surface area contributed by atoms with Crippen LogP contribution in [0.1, 0.15) is 19.8 Å². The van der Waals surface area contributed by atoms with E-state index >= 15 is 0 Å². The van der Waals surface area contributed by atoms with Crippen LogP contribution in [-0.4, -0.2) is 11.0 Å². The molecule has 5 nitrogen and oxygen atoms in total. The van der Waals surface area contributed by atoms with Crippen LogP contribution in [-0.2, 0) is 0 Å². The van der Waals surface area contributed by atoms with E-state index in [1.165, 1.54) is 6.07 Å². The van der Waals surface area contributed by atoms with Gasteiger partial charge >= 0.3 is 0 Å². The Bertz CT molecular complexity index is 414. The van der Waals surface area contributed by atoms with E-state index in [0.29, 0.717) is 6.04 Å². The van der Waals surface area contributed by atoms with Gasteiger partial charge in [-0.3, -0.25) is 10.1 Å². The number of nitrogens with zero attached hydrogens (tertiary/aromatic N) is 1. The summed E-state index contributed by atoms with van der Waals surface area (Å²) in [6, 6.07) is 5.26. The van der Waals surface area contributed by atoms with Crippen LogP contribution >= 0.6 is 0 Å². The van der Waals surface area contributed by atoms with Gasteiger partial charge in [-0.25, -0.2) is 0 Å². The van der Waals surface area contributed by atoms with E-state index in [4.69, 9.17) is 5.73 Å². The zero-order valence-electron chi connectivity index (χ0n) is 9.14. The first kappa shape index (κ1) is 10.7.